The summed E-state index contributed by atoms with van der Waals surface area (Å²) in [6.45, 7) is 6.20. The highest BCUT2D eigenvalue weighted by molar-refractivity contribution is 5.58. The minimum atomic E-state index is 0.764. The molecule has 1 aromatic heterocycles. The van der Waals surface area contributed by atoms with E-state index in [1.54, 1.807) is 0 Å². The van der Waals surface area contributed by atoms with Gasteiger partial charge in [0, 0.05) is 18.8 Å². The van der Waals surface area contributed by atoms with E-state index in [-0.39, 0.29) is 0 Å². The fourth-order valence-electron chi connectivity index (χ4n) is 3.59. The summed E-state index contributed by atoms with van der Waals surface area (Å²) in [5, 5.41) is 9.34. The van der Waals surface area contributed by atoms with Crippen molar-refractivity contribution in [2.45, 2.75) is 33.1 Å². The lowest BCUT2D eigenvalue weighted by Crippen LogP contribution is -2.23. The molecule has 2 fully saturated rings. The van der Waals surface area contributed by atoms with E-state index in [1.807, 2.05) is 19.9 Å². The molecule has 2 aliphatic rings. The molecule has 1 aliphatic carbocycles. The van der Waals surface area contributed by atoms with Crippen molar-refractivity contribution < 1.29 is 0 Å². The molecule has 1 aromatic rings. The Kier molecular flexibility index (Phi) is 2.74. The van der Waals surface area contributed by atoms with Gasteiger partial charge in [0.05, 0.1) is 5.56 Å². The molecule has 2 heterocycles. The smallest absolute Gasteiger partial charge is 0.147 e. The van der Waals surface area contributed by atoms with Crippen molar-refractivity contribution in [2.24, 2.45) is 11.8 Å². The molecule has 1 saturated heterocycles. The van der Waals surface area contributed by atoms with Gasteiger partial charge in [-0.1, -0.05) is 6.42 Å². The van der Waals surface area contributed by atoms with Crippen molar-refractivity contribution in [3.63, 3.8) is 0 Å². The zero-order valence-electron chi connectivity index (χ0n) is 11.1. The Morgan fingerprint density at radius 1 is 1.28 bits per heavy atom. The molecule has 2 atom stereocenters. The first-order valence-electron chi connectivity index (χ1n) is 6.82. The number of nitrogens with zero attached hydrogens (tertiary/aromatic N) is 3. The number of rotatable bonds is 1. The van der Waals surface area contributed by atoms with Gasteiger partial charge < -0.3 is 4.90 Å². The lowest BCUT2D eigenvalue weighted by atomic mass is 10.0. The maximum atomic E-state index is 9.34. The third kappa shape index (κ3) is 1.77. The number of nitriles is 1. The molecule has 1 saturated carbocycles. The van der Waals surface area contributed by atoms with Crippen LogP contribution in [0.3, 0.4) is 0 Å². The summed E-state index contributed by atoms with van der Waals surface area (Å²) in [5.41, 5.74) is 2.83. The van der Waals surface area contributed by atoms with Gasteiger partial charge in [0.15, 0.2) is 0 Å². The Morgan fingerprint density at radius 2 is 1.94 bits per heavy atom. The number of aryl methyl sites for hydroxylation is 2. The standard InChI is InChI=1S/C15H19N3/c1-10-6-11(2)17-15(14(10)7-16)18-8-12-4-3-5-13(12)9-18/h6,12-13H,3-5,8-9H2,1-2H3. The van der Waals surface area contributed by atoms with Gasteiger partial charge in [-0.15, -0.1) is 0 Å². The van der Waals surface area contributed by atoms with Crippen molar-refractivity contribution in [1.82, 2.24) is 4.98 Å². The van der Waals surface area contributed by atoms with E-state index in [4.69, 9.17) is 0 Å². The average molecular weight is 241 g/mol. The number of hydrogen-bond acceptors (Lipinski definition) is 3. The Labute approximate surface area is 108 Å². The van der Waals surface area contributed by atoms with E-state index in [9.17, 15) is 5.26 Å². The Hall–Kier alpha value is -1.56. The van der Waals surface area contributed by atoms with Gasteiger partial charge in [-0.2, -0.15) is 5.26 Å². The zero-order chi connectivity index (χ0) is 12.7. The summed E-state index contributed by atoms with van der Waals surface area (Å²) in [4.78, 5) is 6.96. The van der Waals surface area contributed by atoms with E-state index >= 15 is 0 Å². The number of aromatic nitrogens is 1. The first-order chi connectivity index (χ1) is 8.69. The van der Waals surface area contributed by atoms with Gasteiger partial charge in [0.25, 0.3) is 0 Å². The lowest BCUT2D eigenvalue weighted by molar-refractivity contribution is 0.494. The lowest BCUT2D eigenvalue weighted by Gasteiger charge is -2.21. The van der Waals surface area contributed by atoms with Crippen LogP contribution >= 0.6 is 0 Å². The topological polar surface area (TPSA) is 39.9 Å². The molecular formula is C15H19N3. The zero-order valence-corrected chi connectivity index (χ0v) is 11.1. The maximum Gasteiger partial charge on any atom is 0.147 e. The van der Waals surface area contributed by atoms with Crippen LogP contribution in [-0.4, -0.2) is 18.1 Å². The van der Waals surface area contributed by atoms with Gasteiger partial charge in [0.1, 0.15) is 11.9 Å². The molecule has 3 rings (SSSR count). The predicted octanol–water partition coefficient (Wildman–Crippen LogP) is 2.81. The highest BCUT2D eigenvalue weighted by Crippen LogP contribution is 2.40. The van der Waals surface area contributed by atoms with Crippen molar-refractivity contribution in [1.29, 1.82) is 5.26 Å². The quantitative estimate of drug-likeness (QED) is 0.759. The monoisotopic (exact) mass is 241 g/mol. The SMILES string of the molecule is Cc1cc(C)c(C#N)c(N2CC3CCCC3C2)n1. The summed E-state index contributed by atoms with van der Waals surface area (Å²) in [5.74, 6) is 2.59. The first-order valence-corrected chi connectivity index (χ1v) is 6.82. The second-order valence-electron chi connectivity index (χ2n) is 5.75. The summed E-state index contributed by atoms with van der Waals surface area (Å²) in [7, 11) is 0. The second-order valence-corrected chi connectivity index (χ2v) is 5.75. The second kappa shape index (κ2) is 4.28. The molecule has 0 spiro atoms. The molecule has 0 N–H and O–H groups in total. The van der Waals surface area contributed by atoms with Gasteiger partial charge >= 0.3 is 0 Å². The van der Waals surface area contributed by atoms with Gasteiger partial charge in [0.2, 0.25) is 0 Å². The van der Waals surface area contributed by atoms with Gasteiger partial charge in [-0.3, -0.25) is 0 Å². The van der Waals surface area contributed by atoms with Crippen molar-refractivity contribution >= 4 is 5.82 Å². The van der Waals surface area contributed by atoms with E-state index < -0.39 is 0 Å². The minimum absolute atomic E-state index is 0.764. The van der Waals surface area contributed by atoms with Crippen LogP contribution in [0.5, 0.6) is 0 Å². The third-order valence-electron chi connectivity index (χ3n) is 4.46. The molecule has 18 heavy (non-hydrogen) atoms. The fraction of sp³-hybridized carbons (Fsp3) is 0.600. The Morgan fingerprint density at radius 3 is 2.56 bits per heavy atom. The molecule has 0 amide bonds. The van der Waals surface area contributed by atoms with Crippen molar-refractivity contribution in [3.05, 3.63) is 22.9 Å². The largest absolute Gasteiger partial charge is 0.355 e. The van der Waals surface area contributed by atoms with Gasteiger partial charge in [-0.05, 0) is 50.2 Å². The molecule has 2 unspecified atom stereocenters. The number of pyridine rings is 1. The van der Waals surface area contributed by atoms with Crippen LogP contribution in [0, 0.1) is 37.0 Å². The Bertz CT molecular complexity index is 503. The van der Waals surface area contributed by atoms with E-state index in [2.05, 4.69) is 16.0 Å². The average Bonchev–Trinajstić information content (AvgIpc) is 2.87. The number of fused-ring (bicyclic) bond motifs is 1. The molecule has 0 bridgehead atoms. The highest BCUT2D eigenvalue weighted by Gasteiger charge is 2.37. The number of hydrogen-bond donors (Lipinski definition) is 0. The molecule has 3 nitrogen and oxygen atoms in total. The minimum Gasteiger partial charge on any atom is -0.355 e. The van der Waals surface area contributed by atoms with Crippen LogP contribution in [0.1, 0.15) is 36.1 Å². The summed E-state index contributed by atoms with van der Waals surface area (Å²) >= 11 is 0. The van der Waals surface area contributed by atoms with Crippen LogP contribution in [0.25, 0.3) is 0 Å². The van der Waals surface area contributed by atoms with Crippen LogP contribution in [-0.2, 0) is 0 Å². The normalized spacial score (nSPS) is 26.2. The van der Waals surface area contributed by atoms with Crippen LogP contribution < -0.4 is 4.90 Å². The summed E-state index contributed by atoms with van der Waals surface area (Å²) in [6.07, 6.45) is 4.09. The fourth-order valence-corrected chi connectivity index (χ4v) is 3.59. The summed E-state index contributed by atoms with van der Waals surface area (Å²) in [6, 6.07) is 4.33. The molecule has 94 valence electrons. The molecular weight excluding hydrogens is 222 g/mol. The third-order valence-corrected chi connectivity index (χ3v) is 4.46. The molecule has 0 aromatic carbocycles. The first kappa shape index (κ1) is 11.5. The van der Waals surface area contributed by atoms with Crippen LogP contribution in [0.2, 0.25) is 0 Å². The van der Waals surface area contributed by atoms with E-state index in [0.717, 1.165) is 47.6 Å². The van der Waals surface area contributed by atoms with Crippen LogP contribution in [0.4, 0.5) is 5.82 Å². The van der Waals surface area contributed by atoms with Crippen LogP contribution in [0.15, 0.2) is 6.07 Å². The van der Waals surface area contributed by atoms with Crippen molar-refractivity contribution in [2.75, 3.05) is 18.0 Å². The molecule has 3 heteroatoms. The Balaban J connectivity index is 1.95. The highest BCUT2D eigenvalue weighted by atomic mass is 15.2. The number of anilines is 1. The van der Waals surface area contributed by atoms with Crippen molar-refractivity contribution in [3.8, 4) is 6.07 Å². The maximum absolute atomic E-state index is 9.34. The van der Waals surface area contributed by atoms with Gasteiger partial charge in [-0.25, -0.2) is 4.98 Å². The van der Waals surface area contributed by atoms with E-state index in [1.165, 1.54) is 19.3 Å². The van der Waals surface area contributed by atoms with E-state index in [0.29, 0.717) is 0 Å². The molecule has 0 radical (unpaired) electrons. The predicted molar refractivity (Wildman–Crippen MR) is 71.5 cm³/mol. The summed E-state index contributed by atoms with van der Waals surface area (Å²) < 4.78 is 0. The molecule has 1 aliphatic heterocycles.